The summed E-state index contributed by atoms with van der Waals surface area (Å²) in [7, 11) is 1.81. The number of hydrogen-bond donors (Lipinski definition) is 0. The number of carbonyl (C=O) groups excluding carboxylic acids is 3. The standard InChI is InChI=1S/C20H27N3O5/c1-3-27-19(26)17-13-12-23(10-7-15(13)22(2)21-17)18(25)14-11-16(24)28-20(14)8-5-4-6-9-20/h14H,3-12H2,1-2H3. The van der Waals surface area contributed by atoms with Crippen LogP contribution >= 0.6 is 0 Å². The molecule has 1 atom stereocenters. The van der Waals surface area contributed by atoms with Gasteiger partial charge in [0.2, 0.25) is 5.91 Å². The molecule has 2 aliphatic heterocycles. The number of aromatic nitrogens is 2. The van der Waals surface area contributed by atoms with Gasteiger partial charge in [-0.2, -0.15) is 5.10 Å². The van der Waals surface area contributed by atoms with Crippen LogP contribution in [0.1, 0.15) is 67.2 Å². The molecule has 4 rings (SSSR count). The molecular formula is C20H27N3O5. The van der Waals surface area contributed by atoms with E-state index in [1.54, 1.807) is 23.6 Å². The highest BCUT2D eigenvalue weighted by molar-refractivity contribution is 5.91. The van der Waals surface area contributed by atoms with E-state index in [1.165, 1.54) is 0 Å². The average molecular weight is 389 g/mol. The van der Waals surface area contributed by atoms with Gasteiger partial charge >= 0.3 is 11.9 Å². The van der Waals surface area contributed by atoms with Crippen molar-refractivity contribution in [2.45, 2.75) is 64.0 Å². The van der Waals surface area contributed by atoms with Crippen molar-refractivity contribution >= 4 is 17.8 Å². The molecule has 3 aliphatic rings. The fraction of sp³-hybridized carbons (Fsp3) is 0.700. The Morgan fingerprint density at radius 2 is 2.04 bits per heavy atom. The van der Waals surface area contributed by atoms with Crippen molar-refractivity contribution in [3.05, 3.63) is 17.0 Å². The molecule has 28 heavy (non-hydrogen) atoms. The fourth-order valence-corrected chi connectivity index (χ4v) is 4.97. The molecule has 1 aliphatic carbocycles. The van der Waals surface area contributed by atoms with Crippen molar-refractivity contribution in [3.63, 3.8) is 0 Å². The average Bonchev–Trinajstić information content (AvgIpc) is 3.18. The molecule has 1 saturated carbocycles. The highest BCUT2D eigenvalue weighted by Gasteiger charge is 2.54. The number of ether oxygens (including phenoxy) is 2. The van der Waals surface area contributed by atoms with Gasteiger partial charge in [-0.1, -0.05) is 6.42 Å². The van der Waals surface area contributed by atoms with Gasteiger partial charge in [-0.3, -0.25) is 14.3 Å². The summed E-state index contributed by atoms with van der Waals surface area (Å²) in [5.74, 6) is -1.20. The molecule has 3 heterocycles. The van der Waals surface area contributed by atoms with Crippen molar-refractivity contribution in [3.8, 4) is 0 Å². The Labute approximate surface area is 164 Å². The zero-order valence-corrected chi connectivity index (χ0v) is 16.5. The van der Waals surface area contributed by atoms with Gasteiger partial charge in [0.1, 0.15) is 5.60 Å². The molecule has 0 radical (unpaired) electrons. The van der Waals surface area contributed by atoms with Crippen molar-refractivity contribution in [2.75, 3.05) is 13.2 Å². The Bertz CT molecular complexity index is 809. The second-order valence-corrected chi connectivity index (χ2v) is 7.98. The minimum Gasteiger partial charge on any atom is -0.461 e. The van der Waals surface area contributed by atoms with E-state index >= 15 is 0 Å². The van der Waals surface area contributed by atoms with Gasteiger partial charge in [0.25, 0.3) is 0 Å². The lowest BCUT2D eigenvalue weighted by molar-refractivity contribution is -0.156. The Kier molecular flexibility index (Phi) is 4.89. The van der Waals surface area contributed by atoms with Crippen molar-refractivity contribution in [1.82, 2.24) is 14.7 Å². The molecule has 1 unspecified atom stereocenters. The van der Waals surface area contributed by atoms with E-state index < -0.39 is 17.5 Å². The number of esters is 2. The minimum absolute atomic E-state index is 0.0444. The van der Waals surface area contributed by atoms with Crippen LogP contribution in [0.3, 0.4) is 0 Å². The van der Waals surface area contributed by atoms with Gasteiger partial charge < -0.3 is 14.4 Å². The van der Waals surface area contributed by atoms with E-state index in [1.807, 2.05) is 0 Å². The smallest absolute Gasteiger partial charge is 0.359 e. The van der Waals surface area contributed by atoms with E-state index in [2.05, 4.69) is 5.10 Å². The molecule has 8 heteroatoms. The van der Waals surface area contributed by atoms with Crippen molar-refractivity contribution < 1.29 is 23.9 Å². The Hall–Kier alpha value is -2.38. The number of nitrogens with zero attached hydrogens (tertiary/aromatic N) is 3. The number of hydrogen-bond acceptors (Lipinski definition) is 6. The van der Waals surface area contributed by atoms with E-state index in [4.69, 9.17) is 9.47 Å². The van der Waals surface area contributed by atoms with E-state index in [-0.39, 0.29) is 30.6 Å². The summed E-state index contributed by atoms with van der Waals surface area (Å²) in [6, 6.07) is 0. The second-order valence-electron chi connectivity index (χ2n) is 7.98. The summed E-state index contributed by atoms with van der Waals surface area (Å²) < 4.78 is 12.5. The third-order valence-electron chi connectivity index (χ3n) is 6.34. The molecule has 0 N–H and O–H groups in total. The summed E-state index contributed by atoms with van der Waals surface area (Å²) >= 11 is 0. The summed E-state index contributed by atoms with van der Waals surface area (Å²) in [6.07, 6.45) is 5.38. The van der Waals surface area contributed by atoms with Crippen molar-refractivity contribution in [1.29, 1.82) is 0 Å². The highest BCUT2D eigenvalue weighted by Crippen LogP contribution is 2.45. The first kappa shape index (κ1) is 19.0. The lowest BCUT2D eigenvalue weighted by atomic mass is 9.75. The van der Waals surface area contributed by atoms with E-state index in [0.717, 1.165) is 43.4 Å². The molecule has 152 valence electrons. The van der Waals surface area contributed by atoms with Crippen LogP contribution < -0.4 is 0 Å². The van der Waals surface area contributed by atoms with Crippen molar-refractivity contribution in [2.24, 2.45) is 13.0 Å². The van der Waals surface area contributed by atoms with Crippen LogP contribution in [0.2, 0.25) is 0 Å². The van der Waals surface area contributed by atoms with Gasteiger partial charge in [0.15, 0.2) is 5.69 Å². The lowest BCUT2D eigenvalue weighted by Crippen LogP contribution is -2.48. The Balaban J connectivity index is 1.58. The third kappa shape index (κ3) is 3.08. The molecule has 0 aromatic carbocycles. The number of carbonyl (C=O) groups is 3. The minimum atomic E-state index is -0.633. The molecule has 1 spiro atoms. The maximum atomic E-state index is 13.4. The van der Waals surface area contributed by atoms with Crippen LogP contribution in [0, 0.1) is 5.92 Å². The van der Waals surface area contributed by atoms with E-state index in [9.17, 15) is 14.4 Å². The van der Waals surface area contributed by atoms with Crippen LogP contribution in [0.4, 0.5) is 0 Å². The first-order chi connectivity index (χ1) is 13.4. The predicted octanol–water partition coefficient (Wildman–Crippen LogP) is 1.75. The monoisotopic (exact) mass is 389 g/mol. The van der Waals surface area contributed by atoms with Crippen LogP contribution in [0.5, 0.6) is 0 Å². The third-order valence-corrected chi connectivity index (χ3v) is 6.34. The number of rotatable bonds is 3. The molecule has 1 amide bonds. The quantitative estimate of drug-likeness (QED) is 0.732. The van der Waals surface area contributed by atoms with Crippen LogP contribution in [-0.4, -0.2) is 51.3 Å². The zero-order valence-electron chi connectivity index (χ0n) is 16.5. The lowest BCUT2D eigenvalue weighted by Gasteiger charge is -2.39. The summed E-state index contributed by atoms with van der Waals surface area (Å²) in [5.41, 5.74) is 1.36. The molecule has 1 aromatic heterocycles. The molecule has 8 nitrogen and oxygen atoms in total. The summed E-state index contributed by atoms with van der Waals surface area (Å²) in [6.45, 7) is 2.89. The van der Waals surface area contributed by atoms with Gasteiger partial charge in [-0.15, -0.1) is 0 Å². The Morgan fingerprint density at radius 3 is 2.75 bits per heavy atom. The molecule has 1 saturated heterocycles. The molecule has 1 aromatic rings. The van der Waals surface area contributed by atoms with Crippen LogP contribution in [0.15, 0.2) is 0 Å². The fourth-order valence-electron chi connectivity index (χ4n) is 4.97. The predicted molar refractivity (Wildman–Crippen MR) is 98.3 cm³/mol. The summed E-state index contributed by atoms with van der Waals surface area (Å²) in [5, 5.41) is 4.32. The first-order valence-electron chi connectivity index (χ1n) is 10.2. The Morgan fingerprint density at radius 1 is 1.29 bits per heavy atom. The topological polar surface area (TPSA) is 90.7 Å². The highest BCUT2D eigenvalue weighted by atomic mass is 16.6. The van der Waals surface area contributed by atoms with Gasteiger partial charge in [-0.25, -0.2) is 4.79 Å². The zero-order chi connectivity index (χ0) is 19.9. The molecule has 2 fully saturated rings. The largest absolute Gasteiger partial charge is 0.461 e. The maximum absolute atomic E-state index is 13.4. The summed E-state index contributed by atoms with van der Waals surface area (Å²) in [4.78, 5) is 39.5. The van der Waals surface area contributed by atoms with Crippen LogP contribution in [-0.2, 0) is 39.1 Å². The number of fused-ring (bicyclic) bond motifs is 1. The molecular weight excluding hydrogens is 362 g/mol. The maximum Gasteiger partial charge on any atom is 0.359 e. The van der Waals surface area contributed by atoms with E-state index in [0.29, 0.717) is 19.5 Å². The SMILES string of the molecule is CCOC(=O)c1nn(C)c2c1CN(C(=O)C1CC(=O)OC13CCCCC3)CC2. The van der Waals surface area contributed by atoms with Gasteiger partial charge in [-0.05, 0) is 32.6 Å². The van der Waals surface area contributed by atoms with Gasteiger partial charge in [0.05, 0.1) is 18.9 Å². The molecule has 0 bridgehead atoms. The van der Waals surface area contributed by atoms with Gasteiger partial charge in [0, 0.05) is 37.8 Å². The van der Waals surface area contributed by atoms with Crippen LogP contribution in [0.25, 0.3) is 0 Å². The first-order valence-corrected chi connectivity index (χ1v) is 10.2. The number of aryl methyl sites for hydroxylation is 1. The normalized spacial score (nSPS) is 23.4. The number of amides is 1. The second kappa shape index (κ2) is 7.22.